The number of carbonyl (C=O) groups is 1. The maximum atomic E-state index is 15.3. The molecule has 39 heavy (non-hydrogen) atoms. The summed E-state index contributed by atoms with van der Waals surface area (Å²) in [6, 6.07) is 12.1. The molecule has 1 amide bonds. The maximum Gasteiger partial charge on any atom is 0.255 e. The normalized spacial score (nSPS) is 15.4. The van der Waals surface area contributed by atoms with Crippen LogP contribution in [0.1, 0.15) is 42.5 Å². The lowest BCUT2D eigenvalue weighted by molar-refractivity contribution is 0.0660. The van der Waals surface area contributed by atoms with E-state index in [9.17, 15) is 9.18 Å². The summed E-state index contributed by atoms with van der Waals surface area (Å²) in [7, 11) is 17.5. The Balaban J connectivity index is 1.85. The zero-order chi connectivity index (χ0) is 28.2. The molecule has 0 bridgehead atoms. The number of imidazole rings is 1. The van der Waals surface area contributed by atoms with Gasteiger partial charge < -0.3 is 9.64 Å². The first-order valence-corrected chi connectivity index (χ1v) is 14.9. The molecule has 0 aliphatic carbocycles. The summed E-state index contributed by atoms with van der Waals surface area (Å²) in [5.74, 6) is -0.515. The van der Waals surface area contributed by atoms with Crippen LogP contribution in [0.25, 0.3) is 27.8 Å². The fraction of sp³-hybridized carbons (Fsp3) is 0.286. The number of nitrogens with zero attached hydrogens (tertiary/aromatic N) is 3. The molecule has 0 fully saturated rings. The highest BCUT2D eigenvalue weighted by atomic mass is 31.1. The van der Waals surface area contributed by atoms with Gasteiger partial charge in [-0.05, 0) is 68.6 Å². The van der Waals surface area contributed by atoms with Crippen LogP contribution in [0.3, 0.4) is 0 Å². The largest absolute Gasteiger partial charge is 0.492 e. The Hall–Kier alpha value is -3.12. The lowest BCUT2D eigenvalue weighted by atomic mass is 9.48. The Morgan fingerprint density at radius 3 is 2.41 bits per heavy atom. The Kier molecular flexibility index (Phi) is 7.13. The summed E-state index contributed by atoms with van der Waals surface area (Å²) < 4.78 is 37.9. The zero-order valence-electron chi connectivity index (χ0n) is 22.2. The molecule has 1 aromatic heterocycles. The molecule has 0 saturated carbocycles. The molecule has 5 rings (SSSR count). The van der Waals surface area contributed by atoms with Gasteiger partial charge in [-0.2, -0.15) is 0 Å². The molecule has 0 N–H and O–H groups in total. The van der Waals surface area contributed by atoms with Gasteiger partial charge in [0.25, 0.3) is 5.91 Å². The highest BCUT2D eigenvalue weighted by molar-refractivity contribution is 7.64. The number of benzene rings is 3. The third-order valence-electron chi connectivity index (χ3n) is 6.90. The monoisotopic (exact) mass is 537 g/mol. The standard InChI is InChI=1S/C28H25B3F2N3O2P/c1-5-21-26-34-20-11-10-15(17-13-19(33)24(39(3)4)14-18(17)32)12-22(20)35(26)25-16(8-7-9-23(25)38-6-2)27(37)36(21)28(29,30)31/h7-14,21H,5-6H2,1-4H3/t21-/m1/s1. The Morgan fingerprint density at radius 1 is 1.03 bits per heavy atom. The number of carbonyl (C=O) groups excluding carboxylic acids is 1. The Labute approximate surface area is 231 Å². The van der Waals surface area contributed by atoms with Gasteiger partial charge in [0.05, 0.1) is 52.8 Å². The van der Waals surface area contributed by atoms with E-state index in [1.807, 2.05) is 31.7 Å². The average Bonchev–Trinajstić information content (AvgIpc) is 3.20. The number of fused-ring (bicyclic) bond motifs is 5. The van der Waals surface area contributed by atoms with E-state index in [4.69, 9.17) is 33.3 Å². The molecule has 3 aromatic carbocycles. The van der Waals surface area contributed by atoms with Crippen molar-refractivity contribution in [3.05, 3.63) is 71.6 Å². The highest BCUT2D eigenvalue weighted by Crippen LogP contribution is 2.42. The maximum absolute atomic E-state index is 15.3. The number of halogens is 2. The summed E-state index contributed by atoms with van der Waals surface area (Å²) in [5.41, 5.74) is 2.48. The quantitative estimate of drug-likeness (QED) is 0.264. The van der Waals surface area contributed by atoms with Gasteiger partial charge in [-0.1, -0.05) is 32.2 Å². The zero-order valence-corrected chi connectivity index (χ0v) is 23.1. The van der Waals surface area contributed by atoms with Crippen molar-refractivity contribution in [3.63, 3.8) is 0 Å². The Bertz CT molecular complexity index is 1600. The molecule has 4 aromatic rings. The second-order valence-electron chi connectivity index (χ2n) is 9.76. The first-order valence-electron chi connectivity index (χ1n) is 12.6. The molecule has 1 aliphatic rings. The van der Waals surface area contributed by atoms with Crippen molar-refractivity contribution < 1.29 is 18.3 Å². The second-order valence-corrected chi connectivity index (χ2v) is 12.0. The minimum Gasteiger partial charge on any atom is -0.492 e. The second kappa shape index (κ2) is 10.1. The van der Waals surface area contributed by atoms with Crippen LogP contribution in [0.4, 0.5) is 8.78 Å². The third-order valence-corrected chi connectivity index (χ3v) is 8.20. The van der Waals surface area contributed by atoms with Crippen LogP contribution in [0.15, 0.2) is 48.5 Å². The van der Waals surface area contributed by atoms with Gasteiger partial charge in [-0.25, -0.2) is 13.8 Å². The van der Waals surface area contributed by atoms with Crippen molar-refractivity contribution in [2.45, 2.75) is 31.5 Å². The van der Waals surface area contributed by atoms with Crippen LogP contribution in [0.2, 0.25) is 0 Å². The fourth-order valence-corrected chi connectivity index (χ4v) is 6.08. The van der Waals surface area contributed by atoms with Gasteiger partial charge in [0, 0.05) is 10.9 Å². The summed E-state index contributed by atoms with van der Waals surface area (Å²) in [6.45, 7) is 7.82. The van der Waals surface area contributed by atoms with E-state index in [0.29, 0.717) is 52.2 Å². The van der Waals surface area contributed by atoms with Gasteiger partial charge >= 0.3 is 0 Å². The van der Waals surface area contributed by atoms with Crippen LogP contribution in [-0.2, 0) is 0 Å². The predicted octanol–water partition coefficient (Wildman–Crippen LogP) is 4.76. The fourth-order valence-electron chi connectivity index (χ4n) is 5.22. The predicted molar refractivity (Wildman–Crippen MR) is 155 cm³/mol. The number of hydrogen-bond acceptors (Lipinski definition) is 3. The molecule has 5 nitrogen and oxygen atoms in total. The smallest absolute Gasteiger partial charge is 0.255 e. The van der Waals surface area contributed by atoms with Crippen molar-refractivity contribution in [3.8, 4) is 22.6 Å². The van der Waals surface area contributed by atoms with E-state index < -0.39 is 36.7 Å². The summed E-state index contributed by atoms with van der Waals surface area (Å²) in [4.78, 5) is 20.0. The number of ether oxygens (including phenoxy) is 1. The lowest BCUT2D eigenvalue weighted by Crippen LogP contribution is -2.54. The molecule has 1 atom stereocenters. The van der Waals surface area contributed by atoms with Crippen LogP contribution in [0, 0.1) is 11.6 Å². The number of rotatable bonds is 6. The molecule has 0 unspecified atom stereocenters. The van der Waals surface area contributed by atoms with E-state index in [0.717, 1.165) is 0 Å². The molecule has 0 saturated heterocycles. The van der Waals surface area contributed by atoms with Crippen LogP contribution >= 0.6 is 7.92 Å². The molecule has 0 spiro atoms. The molecule has 192 valence electrons. The van der Waals surface area contributed by atoms with E-state index in [1.165, 1.54) is 17.0 Å². The van der Waals surface area contributed by atoms with Gasteiger partial charge in [-0.15, -0.1) is 0 Å². The molecule has 11 heteroatoms. The minimum atomic E-state index is -1.98. The first kappa shape index (κ1) is 27.5. The Morgan fingerprint density at radius 2 is 1.77 bits per heavy atom. The van der Waals surface area contributed by atoms with Crippen LogP contribution < -0.4 is 10.0 Å². The number of para-hydroxylation sites is 1. The van der Waals surface area contributed by atoms with Crippen molar-refractivity contribution >= 4 is 53.7 Å². The molecule has 2 heterocycles. The van der Waals surface area contributed by atoms with Gasteiger partial charge in [0.2, 0.25) is 0 Å². The summed E-state index contributed by atoms with van der Waals surface area (Å²) in [6.07, 6.45) is 0.408. The van der Waals surface area contributed by atoms with Crippen LogP contribution in [-0.4, -0.2) is 69.1 Å². The van der Waals surface area contributed by atoms with E-state index >= 15 is 4.39 Å². The van der Waals surface area contributed by atoms with E-state index in [-0.39, 0.29) is 11.1 Å². The lowest BCUT2D eigenvalue weighted by Gasteiger charge is -2.41. The molecule has 6 radical (unpaired) electrons. The van der Waals surface area contributed by atoms with Gasteiger partial charge in [-0.3, -0.25) is 9.36 Å². The SMILES string of the molecule is [B]C([B])([B])N1C(=O)c2cccc(OCC)c2-n2c(nc3ccc(-c4cc(F)c(P(C)C)cc4F)cc32)[C@H]1CC. The van der Waals surface area contributed by atoms with Crippen molar-refractivity contribution in [2.24, 2.45) is 0 Å². The minimum absolute atomic E-state index is 0.132. The summed E-state index contributed by atoms with van der Waals surface area (Å²) >= 11 is 0. The number of amides is 1. The highest BCUT2D eigenvalue weighted by Gasteiger charge is 2.40. The molecular formula is C28H25B3F2N3O2P. The van der Waals surface area contributed by atoms with Gasteiger partial charge in [0.15, 0.2) is 0 Å². The van der Waals surface area contributed by atoms with Gasteiger partial charge in [0.1, 0.15) is 28.9 Å². The average molecular weight is 537 g/mol. The van der Waals surface area contributed by atoms with Crippen molar-refractivity contribution in [1.82, 2.24) is 14.5 Å². The van der Waals surface area contributed by atoms with Crippen molar-refractivity contribution in [1.29, 1.82) is 0 Å². The van der Waals surface area contributed by atoms with E-state index in [2.05, 4.69) is 0 Å². The number of hydrogen-bond donors (Lipinski definition) is 0. The first-order chi connectivity index (χ1) is 18.5. The van der Waals surface area contributed by atoms with E-state index in [1.54, 1.807) is 36.4 Å². The summed E-state index contributed by atoms with van der Waals surface area (Å²) in [5, 5.41) is -1.60. The van der Waals surface area contributed by atoms with Crippen molar-refractivity contribution in [2.75, 3.05) is 19.9 Å². The topological polar surface area (TPSA) is 47.4 Å². The van der Waals surface area contributed by atoms with Crippen LogP contribution in [0.5, 0.6) is 5.75 Å². The molecule has 1 aliphatic heterocycles. The molecular weight excluding hydrogens is 512 g/mol. The third kappa shape index (κ3) is 4.57. The number of aromatic nitrogens is 2.